The van der Waals surface area contributed by atoms with Crippen molar-refractivity contribution in [3.63, 3.8) is 0 Å². The van der Waals surface area contributed by atoms with Crippen LogP contribution in [0.1, 0.15) is 0 Å². The smallest absolute Gasteiger partial charge is 0.155 e. The summed E-state index contributed by atoms with van der Waals surface area (Å²) in [6.45, 7) is 0. The molecule has 62 valence electrons. The fourth-order valence-corrected chi connectivity index (χ4v) is 2.53. The molecule has 0 unspecified atom stereocenters. The highest BCUT2D eigenvalue weighted by Crippen LogP contribution is 2.26. The number of thiazole rings is 1. The molecule has 5 heteroatoms. The summed E-state index contributed by atoms with van der Waals surface area (Å²) in [4.78, 5) is 3.96. The van der Waals surface area contributed by atoms with Crippen molar-refractivity contribution in [2.75, 3.05) is 0 Å². The van der Waals surface area contributed by atoms with Gasteiger partial charge in [0, 0.05) is 12.1 Å². The fourth-order valence-electron chi connectivity index (χ4n) is 0.933. The molecule has 2 rings (SSSR count). The second-order valence-electron chi connectivity index (χ2n) is 2.20. The van der Waals surface area contributed by atoms with Gasteiger partial charge in [-0.25, -0.2) is 13.8 Å². The van der Waals surface area contributed by atoms with Crippen molar-refractivity contribution >= 4 is 44.1 Å². The standard InChI is InChI=1S/C7H2F2INS/c8-3-1-4(9)6-5(2-3)11-7(10)12-6/h1-2H. The molecule has 0 bridgehead atoms. The highest BCUT2D eigenvalue weighted by atomic mass is 127. The zero-order chi connectivity index (χ0) is 8.72. The lowest BCUT2D eigenvalue weighted by atomic mass is 10.3. The largest absolute Gasteiger partial charge is 0.230 e. The topological polar surface area (TPSA) is 12.9 Å². The third-order valence-corrected chi connectivity index (χ3v) is 3.15. The fraction of sp³-hybridized carbons (Fsp3) is 0. The molecule has 0 aliphatic rings. The van der Waals surface area contributed by atoms with Crippen molar-refractivity contribution in [2.45, 2.75) is 0 Å². The summed E-state index contributed by atoms with van der Waals surface area (Å²) in [5.41, 5.74) is 0.391. The van der Waals surface area contributed by atoms with E-state index in [0.29, 0.717) is 13.2 Å². The van der Waals surface area contributed by atoms with Crippen LogP contribution >= 0.6 is 33.9 Å². The average Bonchev–Trinajstić information content (AvgIpc) is 2.29. The van der Waals surface area contributed by atoms with Crippen molar-refractivity contribution in [1.82, 2.24) is 4.98 Å². The quantitative estimate of drug-likeness (QED) is 0.681. The first-order valence-corrected chi connectivity index (χ1v) is 4.97. The van der Waals surface area contributed by atoms with Crippen LogP contribution in [0.3, 0.4) is 0 Å². The minimum Gasteiger partial charge on any atom is -0.230 e. The molecule has 0 aliphatic carbocycles. The molecule has 0 spiro atoms. The maximum atomic E-state index is 13.0. The molecular formula is C7H2F2INS. The van der Waals surface area contributed by atoms with Gasteiger partial charge in [-0.05, 0) is 22.6 Å². The van der Waals surface area contributed by atoms with Gasteiger partial charge in [0.2, 0.25) is 0 Å². The van der Waals surface area contributed by atoms with Gasteiger partial charge in [-0.3, -0.25) is 0 Å². The van der Waals surface area contributed by atoms with E-state index in [1.807, 2.05) is 22.6 Å². The molecule has 1 aromatic heterocycles. The summed E-state index contributed by atoms with van der Waals surface area (Å²) in [5.74, 6) is -1.12. The van der Waals surface area contributed by atoms with Crippen LogP contribution in [0.25, 0.3) is 10.2 Å². The van der Waals surface area contributed by atoms with Crippen LogP contribution in [0.5, 0.6) is 0 Å². The molecule has 1 heterocycles. The van der Waals surface area contributed by atoms with Gasteiger partial charge < -0.3 is 0 Å². The van der Waals surface area contributed by atoms with E-state index in [2.05, 4.69) is 4.98 Å². The Labute approximate surface area is 84.6 Å². The molecule has 0 aliphatic heterocycles. The molecule has 0 saturated heterocycles. The lowest BCUT2D eigenvalue weighted by Gasteiger charge is -1.89. The lowest BCUT2D eigenvalue weighted by molar-refractivity contribution is 0.593. The number of hydrogen-bond donors (Lipinski definition) is 0. The first-order chi connectivity index (χ1) is 5.66. The number of hydrogen-bond acceptors (Lipinski definition) is 2. The highest BCUT2D eigenvalue weighted by Gasteiger charge is 2.08. The van der Waals surface area contributed by atoms with E-state index in [-0.39, 0.29) is 0 Å². The Morgan fingerprint density at radius 2 is 2.08 bits per heavy atom. The normalized spacial score (nSPS) is 10.9. The molecule has 0 N–H and O–H groups in total. The van der Waals surface area contributed by atoms with Crippen LogP contribution in [-0.4, -0.2) is 4.98 Å². The predicted octanol–water partition coefficient (Wildman–Crippen LogP) is 3.18. The van der Waals surface area contributed by atoms with Crippen LogP contribution in [0.2, 0.25) is 0 Å². The molecule has 1 aromatic carbocycles. The highest BCUT2D eigenvalue weighted by molar-refractivity contribution is 14.1. The van der Waals surface area contributed by atoms with Gasteiger partial charge in [0.25, 0.3) is 0 Å². The van der Waals surface area contributed by atoms with E-state index < -0.39 is 11.6 Å². The summed E-state index contributed by atoms with van der Waals surface area (Å²) in [5, 5.41) is 0. The first kappa shape index (κ1) is 8.31. The number of aromatic nitrogens is 1. The van der Waals surface area contributed by atoms with Gasteiger partial charge in [0.15, 0.2) is 3.01 Å². The van der Waals surface area contributed by atoms with E-state index in [4.69, 9.17) is 0 Å². The van der Waals surface area contributed by atoms with E-state index in [0.717, 1.165) is 6.07 Å². The Bertz CT molecular complexity index is 440. The monoisotopic (exact) mass is 297 g/mol. The van der Waals surface area contributed by atoms with Gasteiger partial charge in [-0.2, -0.15) is 0 Å². The van der Waals surface area contributed by atoms with Gasteiger partial charge in [0.05, 0.1) is 10.2 Å². The minimum absolute atomic E-state index is 0.391. The van der Waals surface area contributed by atoms with Gasteiger partial charge in [0.1, 0.15) is 11.6 Å². The molecule has 2 aromatic rings. The first-order valence-electron chi connectivity index (χ1n) is 3.08. The Morgan fingerprint density at radius 3 is 2.83 bits per heavy atom. The Kier molecular flexibility index (Phi) is 1.99. The molecule has 1 nitrogen and oxygen atoms in total. The average molecular weight is 297 g/mol. The van der Waals surface area contributed by atoms with Gasteiger partial charge in [-0.15, -0.1) is 11.3 Å². The molecule has 0 fully saturated rings. The molecule has 0 atom stereocenters. The summed E-state index contributed by atoms with van der Waals surface area (Å²) in [6, 6.07) is 2.10. The van der Waals surface area contributed by atoms with Crippen LogP contribution in [-0.2, 0) is 0 Å². The summed E-state index contributed by atoms with van der Waals surface area (Å²) >= 11 is 3.20. The zero-order valence-corrected chi connectivity index (χ0v) is 8.62. The van der Waals surface area contributed by atoms with E-state index in [1.165, 1.54) is 17.4 Å². The van der Waals surface area contributed by atoms with E-state index in [1.54, 1.807) is 0 Å². The van der Waals surface area contributed by atoms with Crippen LogP contribution in [0.4, 0.5) is 8.78 Å². The van der Waals surface area contributed by atoms with Crippen LogP contribution in [0, 0.1) is 14.6 Å². The van der Waals surface area contributed by atoms with E-state index >= 15 is 0 Å². The molecule has 12 heavy (non-hydrogen) atoms. The third-order valence-electron chi connectivity index (χ3n) is 1.38. The Balaban J connectivity index is 2.88. The number of benzene rings is 1. The van der Waals surface area contributed by atoms with Crippen molar-refractivity contribution in [3.8, 4) is 0 Å². The lowest BCUT2D eigenvalue weighted by Crippen LogP contribution is -1.79. The minimum atomic E-state index is -0.582. The van der Waals surface area contributed by atoms with Crippen LogP contribution < -0.4 is 0 Å². The number of rotatable bonds is 0. The van der Waals surface area contributed by atoms with E-state index in [9.17, 15) is 8.78 Å². The summed E-state index contributed by atoms with van der Waals surface area (Å²) in [6.07, 6.45) is 0. The van der Waals surface area contributed by atoms with Gasteiger partial charge >= 0.3 is 0 Å². The number of halogens is 3. The van der Waals surface area contributed by atoms with Crippen molar-refractivity contribution in [3.05, 3.63) is 26.8 Å². The molecule has 0 saturated carbocycles. The maximum Gasteiger partial charge on any atom is 0.155 e. The molecule has 0 radical (unpaired) electrons. The third kappa shape index (κ3) is 1.31. The maximum absolute atomic E-state index is 13.0. The van der Waals surface area contributed by atoms with Gasteiger partial charge in [-0.1, -0.05) is 0 Å². The van der Waals surface area contributed by atoms with Crippen molar-refractivity contribution in [2.24, 2.45) is 0 Å². The summed E-state index contributed by atoms with van der Waals surface area (Å²) in [7, 11) is 0. The number of fused-ring (bicyclic) bond motifs is 1. The number of nitrogens with zero attached hydrogens (tertiary/aromatic N) is 1. The Hall–Kier alpha value is -0.300. The van der Waals surface area contributed by atoms with Crippen LogP contribution in [0.15, 0.2) is 12.1 Å². The summed E-state index contributed by atoms with van der Waals surface area (Å²) < 4.78 is 26.7. The zero-order valence-electron chi connectivity index (χ0n) is 5.64. The predicted molar refractivity (Wildman–Crippen MR) is 52.3 cm³/mol. The molecule has 0 amide bonds. The molecular weight excluding hydrogens is 295 g/mol. The SMILES string of the molecule is Fc1cc(F)c2sc(I)nc2c1. The van der Waals surface area contributed by atoms with Crippen molar-refractivity contribution < 1.29 is 8.78 Å². The van der Waals surface area contributed by atoms with Crippen molar-refractivity contribution in [1.29, 1.82) is 0 Å². The second-order valence-corrected chi connectivity index (χ2v) is 4.96. The second kappa shape index (κ2) is 2.88. The Morgan fingerprint density at radius 1 is 1.33 bits per heavy atom.